The molecule has 0 spiro atoms. The summed E-state index contributed by atoms with van der Waals surface area (Å²) in [6.45, 7) is 11.1. The van der Waals surface area contributed by atoms with Crippen molar-refractivity contribution < 1.29 is 9.53 Å². The third-order valence-corrected chi connectivity index (χ3v) is 6.86. The highest BCUT2D eigenvalue weighted by molar-refractivity contribution is 14.0. The van der Waals surface area contributed by atoms with Crippen molar-refractivity contribution in [3.63, 3.8) is 0 Å². The summed E-state index contributed by atoms with van der Waals surface area (Å²) in [6.07, 6.45) is 6.62. The molecule has 0 bridgehead atoms. The number of carbonyl (C=O) groups is 1. The molecule has 0 aromatic carbocycles. The van der Waals surface area contributed by atoms with Gasteiger partial charge < -0.3 is 26.0 Å². The molecule has 1 amide bonds. The molecule has 0 radical (unpaired) electrons. The Hall–Kier alpha value is -0.610. The van der Waals surface area contributed by atoms with Crippen LogP contribution in [0.25, 0.3) is 0 Å². The van der Waals surface area contributed by atoms with Gasteiger partial charge in [0.1, 0.15) is 0 Å². The minimum Gasteiger partial charge on any atom is -0.378 e. The topological polar surface area (TPSA) is 92.0 Å². The van der Waals surface area contributed by atoms with E-state index in [0.717, 1.165) is 77.3 Å². The highest BCUT2D eigenvalue weighted by atomic mass is 127. The number of guanidine groups is 1. The van der Waals surface area contributed by atoms with Gasteiger partial charge in [-0.3, -0.25) is 9.79 Å². The molecule has 1 aliphatic carbocycles. The minimum atomic E-state index is -0.159. The number of hydrogen-bond donors (Lipinski definition) is 3. The number of carbonyl (C=O) groups excluding carboxylic acids is 1. The summed E-state index contributed by atoms with van der Waals surface area (Å²) >= 11 is 0. The molecule has 29 heavy (non-hydrogen) atoms. The Morgan fingerprint density at radius 1 is 1.31 bits per heavy atom. The monoisotopic (exact) mass is 523 g/mol. The van der Waals surface area contributed by atoms with Gasteiger partial charge in [0.15, 0.2) is 5.96 Å². The molecular formula is C21H42IN5O2. The predicted octanol–water partition coefficient (Wildman–Crippen LogP) is 2.34. The van der Waals surface area contributed by atoms with Gasteiger partial charge in [-0.05, 0) is 58.5 Å². The Morgan fingerprint density at radius 3 is 2.62 bits per heavy atom. The Labute approximate surface area is 194 Å². The van der Waals surface area contributed by atoms with Crippen molar-refractivity contribution in [2.75, 3.05) is 39.8 Å². The summed E-state index contributed by atoms with van der Waals surface area (Å²) in [4.78, 5) is 18.2. The van der Waals surface area contributed by atoms with Crippen LogP contribution in [0.4, 0.5) is 0 Å². The SMILES string of the molecule is CCOC1CC(NC(=NC)NCCCN2CCCC(C(N)=O)C2)C1(CC)CC.I. The van der Waals surface area contributed by atoms with E-state index in [4.69, 9.17) is 10.5 Å². The van der Waals surface area contributed by atoms with Crippen molar-refractivity contribution in [1.82, 2.24) is 15.5 Å². The third-order valence-electron chi connectivity index (χ3n) is 6.86. The first kappa shape index (κ1) is 26.4. The normalized spacial score (nSPS) is 26.9. The number of nitrogens with one attached hydrogen (secondary N) is 2. The van der Waals surface area contributed by atoms with Crippen LogP contribution >= 0.6 is 24.0 Å². The van der Waals surface area contributed by atoms with Crippen molar-refractivity contribution in [3.8, 4) is 0 Å². The van der Waals surface area contributed by atoms with Gasteiger partial charge >= 0.3 is 0 Å². The third kappa shape index (κ3) is 6.69. The number of nitrogens with zero attached hydrogens (tertiary/aromatic N) is 2. The van der Waals surface area contributed by atoms with Gasteiger partial charge in [0.2, 0.25) is 5.91 Å². The van der Waals surface area contributed by atoms with Crippen molar-refractivity contribution in [2.24, 2.45) is 22.1 Å². The standard InChI is InChI=1S/C21H41N5O2.HI/c1-5-21(6-2)17(14-18(21)28-7-3)25-20(23-4)24-11-9-13-26-12-8-10-16(15-26)19(22)27;/h16-18H,5-15H2,1-4H3,(H2,22,27)(H2,23,24,25);1H. The van der Waals surface area contributed by atoms with Crippen molar-refractivity contribution in [2.45, 2.75) is 71.4 Å². The first-order valence-electron chi connectivity index (χ1n) is 11.1. The summed E-state index contributed by atoms with van der Waals surface area (Å²) in [6, 6.07) is 0.406. The summed E-state index contributed by atoms with van der Waals surface area (Å²) in [5.74, 6) is 0.734. The van der Waals surface area contributed by atoms with Crippen LogP contribution in [0.5, 0.6) is 0 Å². The molecule has 0 aromatic heterocycles. The molecule has 170 valence electrons. The first-order chi connectivity index (χ1) is 13.5. The van der Waals surface area contributed by atoms with E-state index < -0.39 is 0 Å². The van der Waals surface area contributed by atoms with Crippen LogP contribution in [0.1, 0.15) is 59.3 Å². The zero-order chi connectivity index (χ0) is 20.6. The summed E-state index contributed by atoms with van der Waals surface area (Å²) in [7, 11) is 1.83. The molecule has 7 nitrogen and oxygen atoms in total. The number of hydrogen-bond acceptors (Lipinski definition) is 4. The Morgan fingerprint density at radius 2 is 2.03 bits per heavy atom. The molecular weight excluding hydrogens is 481 g/mol. The van der Waals surface area contributed by atoms with E-state index in [9.17, 15) is 4.79 Å². The lowest BCUT2D eigenvalue weighted by Gasteiger charge is -2.55. The molecule has 1 heterocycles. The minimum absolute atomic E-state index is 0. The molecule has 2 rings (SSSR count). The molecule has 0 aromatic rings. The van der Waals surface area contributed by atoms with Gasteiger partial charge in [-0.15, -0.1) is 24.0 Å². The van der Waals surface area contributed by atoms with Gasteiger partial charge in [-0.2, -0.15) is 0 Å². The number of amides is 1. The number of halogens is 1. The fourth-order valence-electron chi connectivity index (χ4n) is 4.94. The van der Waals surface area contributed by atoms with E-state index >= 15 is 0 Å². The summed E-state index contributed by atoms with van der Waals surface area (Å²) in [5, 5.41) is 7.08. The highest BCUT2D eigenvalue weighted by Crippen LogP contribution is 2.48. The van der Waals surface area contributed by atoms with Gasteiger partial charge in [-0.25, -0.2) is 0 Å². The average molecular weight is 524 g/mol. The van der Waals surface area contributed by atoms with E-state index in [0.29, 0.717) is 12.1 Å². The number of rotatable bonds is 10. The number of primary amides is 1. The lowest BCUT2D eigenvalue weighted by molar-refractivity contribution is -0.133. The fraction of sp³-hybridized carbons (Fsp3) is 0.905. The molecule has 1 aliphatic heterocycles. The van der Waals surface area contributed by atoms with E-state index in [1.165, 1.54) is 0 Å². The smallest absolute Gasteiger partial charge is 0.221 e. The van der Waals surface area contributed by atoms with Crippen LogP contribution in [0.2, 0.25) is 0 Å². The molecule has 2 aliphatic rings. The maximum Gasteiger partial charge on any atom is 0.221 e. The van der Waals surface area contributed by atoms with Crippen LogP contribution < -0.4 is 16.4 Å². The van der Waals surface area contributed by atoms with Crippen LogP contribution in [0.15, 0.2) is 4.99 Å². The number of piperidine rings is 1. The van der Waals surface area contributed by atoms with E-state index in [-0.39, 0.29) is 41.2 Å². The summed E-state index contributed by atoms with van der Waals surface area (Å²) in [5.41, 5.74) is 5.67. The van der Waals surface area contributed by atoms with Gasteiger partial charge in [0.25, 0.3) is 0 Å². The maximum atomic E-state index is 11.4. The van der Waals surface area contributed by atoms with Crippen LogP contribution in [0, 0.1) is 11.3 Å². The molecule has 1 saturated carbocycles. The Bertz CT molecular complexity index is 527. The second-order valence-electron chi connectivity index (χ2n) is 8.21. The van der Waals surface area contributed by atoms with Crippen LogP contribution in [-0.2, 0) is 9.53 Å². The van der Waals surface area contributed by atoms with Crippen molar-refractivity contribution in [1.29, 1.82) is 0 Å². The van der Waals surface area contributed by atoms with Gasteiger partial charge in [0.05, 0.1) is 12.0 Å². The highest BCUT2D eigenvalue weighted by Gasteiger charge is 2.53. The Balaban J connectivity index is 0.00000420. The molecule has 3 atom stereocenters. The van der Waals surface area contributed by atoms with Gasteiger partial charge in [0, 0.05) is 38.2 Å². The fourth-order valence-corrected chi connectivity index (χ4v) is 4.94. The van der Waals surface area contributed by atoms with E-state index in [1.807, 2.05) is 7.05 Å². The van der Waals surface area contributed by atoms with E-state index in [1.54, 1.807) is 0 Å². The lowest BCUT2D eigenvalue weighted by Crippen LogP contribution is -2.65. The van der Waals surface area contributed by atoms with Gasteiger partial charge in [-0.1, -0.05) is 13.8 Å². The largest absolute Gasteiger partial charge is 0.378 e. The number of likely N-dealkylation sites (tertiary alicyclic amines) is 1. The Kier molecular flexibility index (Phi) is 11.8. The molecule has 4 N–H and O–H groups in total. The molecule has 3 unspecified atom stereocenters. The number of nitrogens with two attached hydrogens (primary N) is 1. The molecule has 2 fully saturated rings. The molecule has 1 saturated heterocycles. The van der Waals surface area contributed by atoms with Crippen LogP contribution in [0.3, 0.4) is 0 Å². The maximum absolute atomic E-state index is 11.4. The number of aliphatic imine (C=N–C) groups is 1. The lowest BCUT2D eigenvalue weighted by atomic mass is 9.58. The second kappa shape index (κ2) is 12.9. The molecule has 8 heteroatoms. The zero-order valence-corrected chi connectivity index (χ0v) is 21.0. The van der Waals surface area contributed by atoms with Crippen molar-refractivity contribution in [3.05, 3.63) is 0 Å². The van der Waals surface area contributed by atoms with E-state index in [2.05, 4.69) is 41.3 Å². The average Bonchev–Trinajstić information content (AvgIpc) is 2.70. The quantitative estimate of drug-likeness (QED) is 0.177. The van der Waals surface area contributed by atoms with Crippen molar-refractivity contribution >= 4 is 35.8 Å². The predicted molar refractivity (Wildman–Crippen MR) is 130 cm³/mol. The van der Waals surface area contributed by atoms with Crippen LogP contribution in [-0.4, -0.2) is 68.7 Å². The summed E-state index contributed by atoms with van der Waals surface area (Å²) < 4.78 is 5.97. The second-order valence-corrected chi connectivity index (χ2v) is 8.21. The first-order valence-corrected chi connectivity index (χ1v) is 11.1. The zero-order valence-electron chi connectivity index (χ0n) is 18.7. The number of ether oxygens (including phenoxy) is 1.